The molecule has 0 aliphatic carbocycles. The molecule has 2 fully saturated rings. The Bertz CT molecular complexity index is 880. The maximum atomic E-state index is 12.8. The fourth-order valence-corrected chi connectivity index (χ4v) is 6.15. The van der Waals surface area contributed by atoms with Crippen LogP contribution in [0.15, 0.2) is 29.2 Å². The van der Waals surface area contributed by atoms with E-state index >= 15 is 0 Å². The molecule has 2 atom stereocenters. The molecule has 1 aromatic rings. The molecule has 1 amide bonds. The van der Waals surface area contributed by atoms with Crippen molar-refractivity contribution in [2.24, 2.45) is 5.14 Å². The van der Waals surface area contributed by atoms with Crippen LogP contribution < -0.4 is 5.14 Å². The Kier molecular flexibility index (Phi) is 4.65. The second-order valence-corrected chi connectivity index (χ2v) is 10.1. The predicted molar refractivity (Wildman–Crippen MR) is 92.3 cm³/mol. The number of carbonyl (C=O) groups excluding carboxylic acids is 1. The quantitative estimate of drug-likeness (QED) is 0.731. The minimum atomic E-state index is -3.82. The number of sulfonamides is 1. The molecular weight excluding hydrogens is 366 g/mol. The van der Waals surface area contributed by atoms with Crippen molar-refractivity contribution in [3.8, 4) is 0 Å². The number of nitrogens with two attached hydrogens (primary N) is 1. The van der Waals surface area contributed by atoms with Crippen LogP contribution in [0.25, 0.3) is 0 Å². The third-order valence-electron chi connectivity index (χ3n) is 4.89. The fourth-order valence-electron chi connectivity index (χ4n) is 3.62. The molecule has 2 N–H and O–H groups in total. The lowest BCUT2D eigenvalue weighted by Gasteiger charge is -2.43. The lowest BCUT2D eigenvalue weighted by atomic mass is 10.0. The van der Waals surface area contributed by atoms with Crippen LogP contribution in [0, 0.1) is 0 Å². The number of nitrogens with zero attached hydrogens (tertiary/aromatic N) is 2. The van der Waals surface area contributed by atoms with E-state index in [9.17, 15) is 21.6 Å². The van der Waals surface area contributed by atoms with Crippen molar-refractivity contribution in [2.75, 3.05) is 31.1 Å². The molecule has 0 saturated carbocycles. The highest BCUT2D eigenvalue weighted by molar-refractivity contribution is 7.91. The number of sulfone groups is 1. The van der Waals surface area contributed by atoms with Crippen molar-refractivity contribution in [1.82, 2.24) is 9.80 Å². The number of rotatable bonds is 3. The summed E-state index contributed by atoms with van der Waals surface area (Å²) in [5.41, 5.74) is 0.320. The van der Waals surface area contributed by atoms with Gasteiger partial charge < -0.3 is 4.90 Å². The molecule has 2 aliphatic rings. The molecule has 25 heavy (non-hydrogen) atoms. The number of hydrogen-bond acceptors (Lipinski definition) is 6. The van der Waals surface area contributed by atoms with E-state index in [-0.39, 0.29) is 34.4 Å². The summed E-state index contributed by atoms with van der Waals surface area (Å²) in [7, 11) is -7.00. The number of carbonyl (C=O) groups is 1. The highest BCUT2D eigenvalue weighted by atomic mass is 32.2. The standard InChI is InChI=1S/C15H21N3O5S2/c1-2-17-7-8-18(14-10-24(20,21)9-13(14)17)15(19)11-3-5-12(6-4-11)25(16,22)23/h3-6,13-14H,2,7-10H2,1H3,(H2,16,22,23)/t13-,14+/m0/s1. The summed E-state index contributed by atoms with van der Waals surface area (Å²) in [5.74, 6) is -0.252. The van der Waals surface area contributed by atoms with Gasteiger partial charge in [0.1, 0.15) is 0 Å². The van der Waals surface area contributed by atoms with Crippen LogP contribution in [0.5, 0.6) is 0 Å². The monoisotopic (exact) mass is 387 g/mol. The van der Waals surface area contributed by atoms with E-state index in [4.69, 9.17) is 5.14 Å². The average Bonchev–Trinajstić information content (AvgIpc) is 2.87. The number of primary sulfonamides is 1. The average molecular weight is 387 g/mol. The number of fused-ring (bicyclic) bond motifs is 1. The summed E-state index contributed by atoms with van der Waals surface area (Å²) in [6, 6.07) is 4.83. The van der Waals surface area contributed by atoms with E-state index in [0.29, 0.717) is 18.7 Å². The molecule has 2 heterocycles. The van der Waals surface area contributed by atoms with Crippen molar-refractivity contribution >= 4 is 25.8 Å². The van der Waals surface area contributed by atoms with Gasteiger partial charge in [-0.3, -0.25) is 9.69 Å². The van der Waals surface area contributed by atoms with E-state index in [1.165, 1.54) is 24.3 Å². The topological polar surface area (TPSA) is 118 Å². The second-order valence-electron chi connectivity index (χ2n) is 6.41. The van der Waals surface area contributed by atoms with Crippen LogP contribution in [-0.2, 0) is 19.9 Å². The zero-order valence-electron chi connectivity index (χ0n) is 13.8. The van der Waals surface area contributed by atoms with Gasteiger partial charge in [0.15, 0.2) is 9.84 Å². The first-order valence-electron chi connectivity index (χ1n) is 8.00. The minimum Gasteiger partial charge on any atom is -0.332 e. The lowest BCUT2D eigenvalue weighted by Crippen LogP contribution is -2.60. The smallest absolute Gasteiger partial charge is 0.254 e. The van der Waals surface area contributed by atoms with Gasteiger partial charge in [-0.25, -0.2) is 22.0 Å². The summed E-state index contributed by atoms with van der Waals surface area (Å²) in [4.78, 5) is 16.5. The summed E-state index contributed by atoms with van der Waals surface area (Å²) >= 11 is 0. The van der Waals surface area contributed by atoms with E-state index in [2.05, 4.69) is 4.90 Å². The Morgan fingerprint density at radius 1 is 1.16 bits per heavy atom. The summed E-state index contributed by atoms with van der Waals surface area (Å²) in [5, 5.41) is 5.06. The van der Waals surface area contributed by atoms with Gasteiger partial charge in [-0.2, -0.15) is 0 Å². The fraction of sp³-hybridized carbons (Fsp3) is 0.533. The molecule has 0 radical (unpaired) electrons. The van der Waals surface area contributed by atoms with E-state index in [1.54, 1.807) is 4.90 Å². The molecule has 3 rings (SSSR count). The van der Waals surface area contributed by atoms with Gasteiger partial charge in [0, 0.05) is 24.7 Å². The number of amides is 1. The largest absolute Gasteiger partial charge is 0.332 e. The zero-order chi connectivity index (χ0) is 18.4. The summed E-state index contributed by atoms with van der Waals surface area (Å²) < 4.78 is 46.8. The number of benzene rings is 1. The number of piperazine rings is 1. The highest BCUT2D eigenvalue weighted by Crippen LogP contribution is 2.28. The van der Waals surface area contributed by atoms with Gasteiger partial charge in [0.2, 0.25) is 10.0 Å². The molecule has 138 valence electrons. The normalized spacial score (nSPS) is 26.4. The SMILES string of the molecule is CCN1CCN(C(=O)c2ccc(S(N)(=O)=O)cc2)[C@@H]2CS(=O)(=O)C[C@@H]21. The van der Waals surface area contributed by atoms with E-state index in [0.717, 1.165) is 6.54 Å². The molecule has 2 aliphatic heterocycles. The highest BCUT2D eigenvalue weighted by Gasteiger charge is 2.47. The van der Waals surface area contributed by atoms with Crippen LogP contribution in [-0.4, -0.2) is 75.8 Å². The first-order chi connectivity index (χ1) is 11.6. The summed E-state index contributed by atoms with van der Waals surface area (Å²) in [6.45, 7) is 3.78. The van der Waals surface area contributed by atoms with Crippen molar-refractivity contribution in [2.45, 2.75) is 23.9 Å². The van der Waals surface area contributed by atoms with Gasteiger partial charge in [0.25, 0.3) is 5.91 Å². The molecule has 0 aromatic heterocycles. The van der Waals surface area contributed by atoms with Crippen LogP contribution in [0.1, 0.15) is 17.3 Å². The first kappa shape index (κ1) is 18.3. The van der Waals surface area contributed by atoms with Crippen LogP contribution in [0.3, 0.4) is 0 Å². The Morgan fingerprint density at radius 2 is 1.76 bits per heavy atom. The van der Waals surface area contributed by atoms with Crippen LogP contribution in [0.4, 0.5) is 0 Å². The Morgan fingerprint density at radius 3 is 2.32 bits per heavy atom. The maximum absolute atomic E-state index is 12.8. The van der Waals surface area contributed by atoms with Crippen molar-refractivity contribution in [1.29, 1.82) is 0 Å². The number of likely N-dealkylation sites (N-methyl/N-ethyl adjacent to an activating group) is 1. The first-order valence-corrected chi connectivity index (χ1v) is 11.4. The van der Waals surface area contributed by atoms with E-state index < -0.39 is 19.9 Å². The maximum Gasteiger partial charge on any atom is 0.254 e. The molecule has 0 unspecified atom stereocenters. The molecule has 10 heteroatoms. The van der Waals surface area contributed by atoms with Gasteiger partial charge >= 0.3 is 0 Å². The molecular formula is C15H21N3O5S2. The molecule has 0 bridgehead atoms. The third kappa shape index (κ3) is 3.57. The summed E-state index contributed by atoms with van der Waals surface area (Å²) in [6.07, 6.45) is 0. The Labute approximate surface area is 147 Å². The van der Waals surface area contributed by atoms with Gasteiger partial charge in [-0.05, 0) is 30.8 Å². The lowest BCUT2D eigenvalue weighted by molar-refractivity contribution is 0.0349. The molecule has 1 aromatic carbocycles. The Balaban J connectivity index is 1.87. The van der Waals surface area contributed by atoms with E-state index in [1.807, 2.05) is 6.92 Å². The second kappa shape index (κ2) is 6.35. The van der Waals surface area contributed by atoms with Crippen molar-refractivity contribution < 1.29 is 21.6 Å². The minimum absolute atomic E-state index is 0.0326. The van der Waals surface area contributed by atoms with Crippen molar-refractivity contribution in [3.05, 3.63) is 29.8 Å². The zero-order valence-corrected chi connectivity index (χ0v) is 15.5. The van der Waals surface area contributed by atoms with Crippen LogP contribution >= 0.6 is 0 Å². The van der Waals surface area contributed by atoms with Gasteiger partial charge in [-0.15, -0.1) is 0 Å². The molecule has 0 spiro atoms. The Hall–Kier alpha value is -1.49. The van der Waals surface area contributed by atoms with Crippen molar-refractivity contribution in [3.63, 3.8) is 0 Å². The molecule has 2 saturated heterocycles. The third-order valence-corrected chi connectivity index (χ3v) is 7.52. The molecule has 8 nitrogen and oxygen atoms in total. The predicted octanol–water partition coefficient (Wildman–Crippen LogP) is -0.723. The van der Waals surface area contributed by atoms with Crippen LogP contribution in [0.2, 0.25) is 0 Å². The van der Waals surface area contributed by atoms with Gasteiger partial charge in [0.05, 0.1) is 22.4 Å². The number of hydrogen-bond donors (Lipinski definition) is 1. The van der Waals surface area contributed by atoms with Gasteiger partial charge in [-0.1, -0.05) is 6.92 Å².